The summed E-state index contributed by atoms with van der Waals surface area (Å²) in [6.07, 6.45) is 19.7. The Kier molecular flexibility index (Phi) is 35.1. The van der Waals surface area contributed by atoms with Gasteiger partial charge in [0.1, 0.15) is 6.10 Å². The Morgan fingerprint density at radius 3 is 1.62 bits per heavy atom. The average molecular weight is 911 g/mol. The summed E-state index contributed by atoms with van der Waals surface area (Å²) in [4.78, 5) is 82.0. The van der Waals surface area contributed by atoms with Crippen LogP contribution in [0.2, 0.25) is 0 Å². The lowest BCUT2D eigenvalue weighted by Gasteiger charge is -2.45. The van der Waals surface area contributed by atoms with Crippen molar-refractivity contribution in [2.45, 2.75) is 227 Å². The topological polar surface area (TPSA) is 186 Å². The maximum absolute atomic E-state index is 14.7. The van der Waals surface area contributed by atoms with E-state index in [4.69, 9.17) is 14.2 Å². The molecule has 4 unspecified atom stereocenters. The second-order valence-corrected chi connectivity index (χ2v) is 19.3. The summed E-state index contributed by atoms with van der Waals surface area (Å²) in [5, 5.41) is 24.1. The number of carbonyl (C=O) groups excluding carboxylic acids is 4. The smallest absolute Gasteiger partial charge is 0.310 e. The molecule has 0 spiro atoms. The van der Waals surface area contributed by atoms with Gasteiger partial charge in [0.2, 0.25) is 5.91 Å². The Balaban J connectivity index is 6.65. The van der Waals surface area contributed by atoms with Crippen molar-refractivity contribution in [1.29, 1.82) is 0 Å². The average Bonchev–Trinajstić information content (AvgIpc) is 3.23. The molecule has 374 valence electrons. The molecule has 4 atom stereocenters. The summed E-state index contributed by atoms with van der Waals surface area (Å²) in [5.74, 6) is -6.06. The lowest BCUT2D eigenvalue weighted by atomic mass is 9.58. The van der Waals surface area contributed by atoms with E-state index in [1.54, 1.807) is 13.8 Å². The van der Waals surface area contributed by atoms with Crippen LogP contribution in [0.1, 0.15) is 221 Å². The first-order valence-electron chi connectivity index (χ1n) is 25.4. The van der Waals surface area contributed by atoms with E-state index in [1.165, 1.54) is 32.1 Å². The molecule has 0 bridgehead atoms. The predicted molar refractivity (Wildman–Crippen MR) is 254 cm³/mol. The largest absolute Gasteiger partial charge is 0.481 e. The van der Waals surface area contributed by atoms with Crippen molar-refractivity contribution in [3.63, 3.8) is 0 Å². The summed E-state index contributed by atoms with van der Waals surface area (Å²) in [6.45, 7) is 12.1. The van der Waals surface area contributed by atoms with Crippen LogP contribution in [0.15, 0.2) is 0 Å². The Hall–Kier alpha value is -3.22. The van der Waals surface area contributed by atoms with Crippen molar-refractivity contribution < 1.29 is 53.2 Å². The SMILES string of the molecule is CCCCCCCCC(CCCCCC)COC(=O)CCNC(=O)C(C(C)(C)COC(=O)CCN(C)C)C(CCC(=O)O)(CC(CCCCCC)OC(=O)CCCCCCC)C(=O)O. The van der Waals surface area contributed by atoms with E-state index in [0.717, 1.165) is 89.9 Å². The number of esters is 3. The van der Waals surface area contributed by atoms with Crippen LogP contribution in [-0.2, 0) is 43.0 Å². The van der Waals surface area contributed by atoms with Crippen LogP contribution in [0.4, 0.5) is 0 Å². The molecule has 0 aromatic rings. The standard InChI is InChI=1S/C51H94N2O11/c1-9-13-17-21-23-25-29-41(28-24-19-15-11-3)39-62-44(56)33-36-52-48(59)47(50(5,6)40-63-45(57)34-37-53(7)8)51(49(60)61,35-32-43(54)55)38-42(30-26-20-16-12-4)64-46(58)31-27-22-18-14-10-2/h41-42,47H,9-40H2,1-8H3,(H,52,59)(H,54,55)(H,60,61). The maximum atomic E-state index is 14.7. The summed E-state index contributed by atoms with van der Waals surface area (Å²) in [5.41, 5.74) is -3.42. The normalized spacial score (nSPS) is 14.0. The number of carbonyl (C=O) groups is 6. The highest BCUT2D eigenvalue weighted by Gasteiger charge is 2.57. The number of unbranched alkanes of at least 4 members (excludes halogenated alkanes) is 15. The Morgan fingerprint density at radius 2 is 1.09 bits per heavy atom. The van der Waals surface area contributed by atoms with Gasteiger partial charge in [-0.25, -0.2) is 0 Å². The maximum Gasteiger partial charge on any atom is 0.310 e. The monoisotopic (exact) mass is 911 g/mol. The number of carboxylic acid groups (broad SMARTS) is 2. The number of rotatable bonds is 43. The number of aliphatic carboxylic acids is 2. The zero-order valence-electron chi connectivity index (χ0n) is 41.9. The minimum Gasteiger partial charge on any atom is -0.481 e. The van der Waals surface area contributed by atoms with Gasteiger partial charge in [0.15, 0.2) is 0 Å². The van der Waals surface area contributed by atoms with E-state index in [1.807, 2.05) is 19.0 Å². The quantitative estimate of drug-likeness (QED) is 0.0299. The van der Waals surface area contributed by atoms with Gasteiger partial charge in [-0.1, -0.05) is 151 Å². The van der Waals surface area contributed by atoms with Crippen LogP contribution in [0.5, 0.6) is 0 Å². The number of ether oxygens (including phenoxy) is 3. The highest BCUT2D eigenvalue weighted by molar-refractivity contribution is 5.89. The van der Waals surface area contributed by atoms with Crippen LogP contribution in [0, 0.1) is 22.7 Å². The molecule has 3 N–H and O–H groups in total. The van der Waals surface area contributed by atoms with Gasteiger partial charge < -0.3 is 34.6 Å². The van der Waals surface area contributed by atoms with Gasteiger partial charge in [-0.05, 0) is 58.5 Å². The van der Waals surface area contributed by atoms with Gasteiger partial charge in [0.05, 0.1) is 37.4 Å². The minimum absolute atomic E-state index is 0.0674. The fourth-order valence-corrected chi connectivity index (χ4v) is 8.68. The zero-order chi connectivity index (χ0) is 48.2. The first kappa shape index (κ1) is 60.8. The van der Waals surface area contributed by atoms with Crippen LogP contribution < -0.4 is 5.32 Å². The number of nitrogens with one attached hydrogen (secondary N) is 1. The highest BCUT2D eigenvalue weighted by atomic mass is 16.5. The highest BCUT2D eigenvalue weighted by Crippen LogP contribution is 2.49. The Morgan fingerprint density at radius 1 is 0.594 bits per heavy atom. The fourth-order valence-electron chi connectivity index (χ4n) is 8.68. The molecule has 13 nitrogen and oxygen atoms in total. The molecule has 0 aliphatic heterocycles. The molecule has 0 saturated heterocycles. The van der Waals surface area contributed by atoms with Crippen molar-refractivity contribution in [3.05, 3.63) is 0 Å². The summed E-state index contributed by atoms with van der Waals surface area (Å²) in [6, 6.07) is 0. The van der Waals surface area contributed by atoms with E-state index in [2.05, 4.69) is 33.0 Å². The van der Waals surface area contributed by atoms with Gasteiger partial charge in [-0.3, -0.25) is 28.8 Å². The summed E-state index contributed by atoms with van der Waals surface area (Å²) in [7, 11) is 3.64. The van der Waals surface area contributed by atoms with Gasteiger partial charge in [0.25, 0.3) is 0 Å². The Bertz CT molecular complexity index is 1290. The van der Waals surface area contributed by atoms with Crippen molar-refractivity contribution in [3.8, 4) is 0 Å². The van der Waals surface area contributed by atoms with Crippen LogP contribution in [0.25, 0.3) is 0 Å². The molecular formula is C51H94N2O11. The molecule has 0 aliphatic carbocycles. The molecule has 0 aromatic carbocycles. The second-order valence-electron chi connectivity index (χ2n) is 19.3. The van der Waals surface area contributed by atoms with Gasteiger partial charge in [-0.2, -0.15) is 0 Å². The summed E-state index contributed by atoms with van der Waals surface area (Å²) < 4.78 is 17.5. The third-order valence-corrected chi connectivity index (χ3v) is 12.5. The molecule has 0 fully saturated rings. The zero-order valence-corrected chi connectivity index (χ0v) is 41.9. The summed E-state index contributed by atoms with van der Waals surface area (Å²) >= 11 is 0. The Labute approximate surface area is 388 Å². The molecule has 0 aliphatic rings. The molecule has 64 heavy (non-hydrogen) atoms. The van der Waals surface area contributed by atoms with E-state index in [-0.39, 0.29) is 44.8 Å². The second kappa shape index (κ2) is 36.9. The molecule has 0 saturated carbocycles. The lowest BCUT2D eigenvalue weighted by molar-refractivity contribution is -0.175. The molecule has 1 amide bonds. The first-order chi connectivity index (χ1) is 30.5. The van der Waals surface area contributed by atoms with E-state index < -0.39 is 71.4 Å². The number of nitrogens with zero attached hydrogens (tertiary/aromatic N) is 1. The molecule has 0 rings (SSSR count). The predicted octanol–water partition coefficient (Wildman–Crippen LogP) is 11.1. The van der Waals surface area contributed by atoms with Crippen molar-refractivity contribution in [2.75, 3.05) is 40.4 Å². The van der Waals surface area contributed by atoms with E-state index in [9.17, 15) is 39.0 Å². The van der Waals surface area contributed by atoms with Gasteiger partial charge in [0, 0.05) is 37.8 Å². The van der Waals surface area contributed by atoms with Crippen LogP contribution >= 0.6 is 0 Å². The van der Waals surface area contributed by atoms with Crippen LogP contribution in [0.3, 0.4) is 0 Å². The van der Waals surface area contributed by atoms with Crippen LogP contribution in [-0.4, -0.2) is 97.4 Å². The first-order valence-corrected chi connectivity index (χ1v) is 25.4. The molecule has 13 heteroatoms. The molecule has 0 radical (unpaired) electrons. The van der Waals surface area contributed by atoms with Gasteiger partial charge in [-0.15, -0.1) is 0 Å². The number of hydrogen-bond donors (Lipinski definition) is 3. The van der Waals surface area contributed by atoms with E-state index in [0.29, 0.717) is 32.4 Å². The van der Waals surface area contributed by atoms with Crippen molar-refractivity contribution in [2.24, 2.45) is 22.7 Å². The lowest BCUT2D eigenvalue weighted by Crippen LogP contribution is -2.56. The van der Waals surface area contributed by atoms with Gasteiger partial charge >= 0.3 is 29.8 Å². The number of hydrogen-bond acceptors (Lipinski definition) is 10. The van der Waals surface area contributed by atoms with Crippen molar-refractivity contribution >= 4 is 35.8 Å². The molecule has 0 heterocycles. The number of carboxylic acids is 2. The fraction of sp³-hybridized carbons (Fsp3) is 0.882. The third kappa shape index (κ3) is 28.6. The molecular weight excluding hydrogens is 817 g/mol. The van der Waals surface area contributed by atoms with Crippen molar-refractivity contribution in [1.82, 2.24) is 10.2 Å². The third-order valence-electron chi connectivity index (χ3n) is 12.5. The molecule has 0 aromatic heterocycles. The van der Waals surface area contributed by atoms with E-state index >= 15 is 0 Å². The minimum atomic E-state index is -2.07. The number of amides is 1.